The molecular formula is C16H24N2O4. The van der Waals surface area contributed by atoms with Gasteiger partial charge in [0.05, 0.1) is 25.2 Å². The number of amides is 2. The summed E-state index contributed by atoms with van der Waals surface area (Å²) >= 11 is 0. The highest BCUT2D eigenvalue weighted by molar-refractivity contribution is 5.81. The van der Waals surface area contributed by atoms with E-state index in [1.165, 1.54) is 12.8 Å². The fourth-order valence-corrected chi connectivity index (χ4v) is 2.60. The third kappa shape index (κ3) is 4.30. The molecule has 6 nitrogen and oxygen atoms in total. The molecule has 2 saturated carbocycles. The van der Waals surface area contributed by atoms with Crippen molar-refractivity contribution in [3.63, 3.8) is 0 Å². The third-order valence-corrected chi connectivity index (χ3v) is 4.39. The van der Waals surface area contributed by atoms with Crippen LogP contribution in [0.5, 0.6) is 0 Å². The number of rotatable bonds is 7. The Morgan fingerprint density at radius 2 is 1.95 bits per heavy atom. The van der Waals surface area contributed by atoms with E-state index in [1.807, 2.05) is 6.08 Å². The molecule has 3 atom stereocenters. The minimum Gasteiger partial charge on any atom is -0.394 e. The van der Waals surface area contributed by atoms with Gasteiger partial charge in [-0.2, -0.15) is 0 Å². The van der Waals surface area contributed by atoms with Crippen LogP contribution in [0.15, 0.2) is 12.2 Å². The van der Waals surface area contributed by atoms with Crippen LogP contribution < -0.4 is 10.6 Å². The van der Waals surface area contributed by atoms with Crippen LogP contribution in [0.1, 0.15) is 32.1 Å². The summed E-state index contributed by atoms with van der Waals surface area (Å²) < 4.78 is 5.73. The van der Waals surface area contributed by atoms with E-state index in [9.17, 15) is 14.7 Å². The lowest BCUT2D eigenvalue weighted by Crippen LogP contribution is -2.49. The molecule has 2 amide bonds. The Bertz CT molecular complexity index is 457. The summed E-state index contributed by atoms with van der Waals surface area (Å²) in [6.07, 6.45) is 7.35. The smallest absolute Gasteiger partial charge is 0.223 e. The van der Waals surface area contributed by atoms with Gasteiger partial charge < -0.3 is 20.5 Å². The van der Waals surface area contributed by atoms with Gasteiger partial charge in [-0.25, -0.2) is 0 Å². The number of carbonyl (C=O) groups is 2. The standard InChI is InChI=1S/C16H24N2O4/c19-9-14-13(18-16(21)11-3-4-11)6-5-12(22-14)7-15(20)17-8-10-1-2-10/h5-6,10-14,19H,1-4,7-9H2,(H,17,20)(H,18,21)/t12-,13+,14+/m0/s1. The van der Waals surface area contributed by atoms with E-state index >= 15 is 0 Å². The summed E-state index contributed by atoms with van der Waals surface area (Å²) in [7, 11) is 0. The largest absolute Gasteiger partial charge is 0.394 e. The van der Waals surface area contributed by atoms with Gasteiger partial charge in [0.1, 0.15) is 6.10 Å². The van der Waals surface area contributed by atoms with Gasteiger partial charge in [0.15, 0.2) is 0 Å². The first kappa shape index (κ1) is 15.5. The van der Waals surface area contributed by atoms with Crippen molar-refractivity contribution in [1.82, 2.24) is 10.6 Å². The van der Waals surface area contributed by atoms with Gasteiger partial charge in [-0.3, -0.25) is 9.59 Å². The molecule has 0 spiro atoms. The summed E-state index contributed by atoms with van der Waals surface area (Å²) in [5.41, 5.74) is 0. The first-order valence-electron chi connectivity index (χ1n) is 8.17. The molecule has 6 heteroatoms. The summed E-state index contributed by atoms with van der Waals surface area (Å²) in [6.45, 7) is 0.568. The van der Waals surface area contributed by atoms with Crippen LogP contribution in [0.25, 0.3) is 0 Å². The lowest BCUT2D eigenvalue weighted by Gasteiger charge is -2.31. The van der Waals surface area contributed by atoms with Crippen molar-refractivity contribution in [3.8, 4) is 0 Å². The van der Waals surface area contributed by atoms with Crippen molar-refractivity contribution in [3.05, 3.63) is 12.2 Å². The molecule has 2 fully saturated rings. The zero-order chi connectivity index (χ0) is 15.5. The molecule has 0 radical (unpaired) electrons. The molecular weight excluding hydrogens is 284 g/mol. The number of aliphatic hydroxyl groups is 1. The number of ether oxygens (including phenoxy) is 1. The maximum atomic E-state index is 11.8. The van der Waals surface area contributed by atoms with Gasteiger partial charge in [-0.15, -0.1) is 0 Å². The molecule has 0 aromatic rings. The molecule has 2 aliphatic carbocycles. The molecule has 1 aliphatic heterocycles. The van der Waals surface area contributed by atoms with Crippen LogP contribution >= 0.6 is 0 Å². The molecule has 22 heavy (non-hydrogen) atoms. The molecule has 3 rings (SSSR count). The molecule has 3 aliphatic rings. The van der Waals surface area contributed by atoms with E-state index in [2.05, 4.69) is 10.6 Å². The molecule has 0 aromatic carbocycles. The van der Waals surface area contributed by atoms with Crippen LogP contribution in [0.3, 0.4) is 0 Å². The Morgan fingerprint density at radius 3 is 2.59 bits per heavy atom. The summed E-state index contributed by atoms with van der Waals surface area (Å²) in [5.74, 6) is 0.772. The second-order valence-corrected chi connectivity index (χ2v) is 6.54. The number of carbonyl (C=O) groups excluding carboxylic acids is 2. The van der Waals surface area contributed by atoms with Crippen LogP contribution in [0.4, 0.5) is 0 Å². The molecule has 0 saturated heterocycles. The Kier molecular flexibility index (Phi) is 4.78. The van der Waals surface area contributed by atoms with Crippen molar-refractivity contribution >= 4 is 11.8 Å². The van der Waals surface area contributed by atoms with Crippen molar-refractivity contribution < 1.29 is 19.4 Å². The summed E-state index contributed by atoms with van der Waals surface area (Å²) in [4.78, 5) is 23.6. The zero-order valence-corrected chi connectivity index (χ0v) is 12.7. The minimum absolute atomic E-state index is 0.0253. The SMILES string of the molecule is O=C(C[C@@H]1C=C[C@@H](NC(=O)C2CC2)[C@@H](CO)O1)NCC1CC1. The second-order valence-electron chi connectivity index (χ2n) is 6.54. The highest BCUT2D eigenvalue weighted by Crippen LogP contribution is 2.29. The van der Waals surface area contributed by atoms with Crippen molar-refractivity contribution in [2.75, 3.05) is 13.2 Å². The van der Waals surface area contributed by atoms with Gasteiger partial charge in [-0.05, 0) is 31.6 Å². The van der Waals surface area contributed by atoms with E-state index in [0.29, 0.717) is 5.92 Å². The van der Waals surface area contributed by atoms with E-state index in [4.69, 9.17) is 4.74 Å². The first-order valence-corrected chi connectivity index (χ1v) is 8.17. The second kappa shape index (κ2) is 6.79. The Balaban J connectivity index is 1.47. The van der Waals surface area contributed by atoms with E-state index in [1.54, 1.807) is 6.08 Å². The third-order valence-electron chi connectivity index (χ3n) is 4.39. The molecule has 122 valence electrons. The lowest BCUT2D eigenvalue weighted by atomic mass is 10.0. The van der Waals surface area contributed by atoms with Crippen LogP contribution in [0.2, 0.25) is 0 Å². The Labute approximate surface area is 130 Å². The van der Waals surface area contributed by atoms with E-state index in [0.717, 1.165) is 19.4 Å². The fraction of sp³-hybridized carbons (Fsp3) is 0.750. The van der Waals surface area contributed by atoms with Crippen molar-refractivity contribution in [1.29, 1.82) is 0 Å². The normalized spacial score (nSPS) is 30.9. The lowest BCUT2D eigenvalue weighted by molar-refractivity contribution is -0.128. The maximum absolute atomic E-state index is 11.8. The van der Waals surface area contributed by atoms with Gasteiger partial charge in [0.2, 0.25) is 11.8 Å². The van der Waals surface area contributed by atoms with Crippen molar-refractivity contribution in [2.45, 2.75) is 50.4 Å². The monoisotopic (exact) mass is 308 g/mol. The predicted octanol–water partition coefficient (Wildman–Crippen LogP) is 0.113. The van der Waals surface area contributed by atoms with E-state index < -0.39 is 6.10 Å². The molecule has 3 N–H and O–H groups in total. The number of aliphatic hydroxyl groups excluding tert-OH is 1. The summed E-state index contributed by atoms with van der Waals surface area (Å²) in [6, 6.07) is -0.316. The van der Waals surface area contributed by atoms with Gasteiger partial charge >= 0.3 is 0 Å². The van der Waals surface area contributed by atoms with Crippen molar-refractivity contribution in [2.24, 2.45) is 11.8 Å². The van der Waals surface area contributed by atoms with Crippen LogP contribution in [0, 0.1) is 11.8 Å². The first-order chi connectivity index (χ1) is 10.7. The summed E-state index contributed by atoms with van der Waals surface area (Å²) in [5, 5.41) is 15.3. The zero-order valence-electron chi connectivity index (χ0n) is 12.7. The molecule has 0 aromatic heterocycles. The highest BCUT2D eigenvalue weighted by atomic mass is 16.5. The average molecular weight is 308 g/mol. The molecule has 0 unspecified atom stereocenters. The van der Waals surface area contributed by atoms with Crippen LogP contribution in [-0.4, -0.2) is 48.3 Å². The average Bonchev–Trinajstić information content (AvgIpc) is 3.40. The Morgan fingerprint density at radius 1 is 1.18 bits per heavy atom. The van der Waals surface area contributed by atoms with Gasteiger partial charge in [-0.1, -0.05) is 12.2 Å². The fourth-order valence-electron chi connectivity index (χ4n) is 2.60. The molecule has 0 bridgehead atoms. The number of hydrogen-bond acceptors (Lipinski definition) is 4. The van der Waals surface area contributed by atoms with Gasteiger partial charge in [0.25, 0.3) is 0 Å². The molecule has 1 heterocycles. The van der Waals surface area contributed by atoms with Crippen LogP contribution in [-0.2, 0) is 14.3 Å². The number of nitrogens with one attached hydrogen (secondary N) is 2. The predicted molar refractivity (Wildman–Crippen MR) is 79.9 cm³/mol. The highest BCUT2D eigenvalue weighted by Gasteiger charge is 2.34. The van der Waals surface area contributed by atoms with E-state index in [-0.39, 0.29) is 42.9 Å². The quantitative estimate of drug-likeness (QED) is 0.583. The van der Waals surface area contributed by atoms with Gasteiger partial charge in [0, 0.05) is 12.5 Å². The topological polar surface area (TPSA) is 87.7 Å². The number of hydrogen-bond donors (Lipinski definition) is 3. The minimum atomic E-state index is -0.492. The maximum Gasteiger partial charge on any atom is 0.223 e. The Hall–Kier alpha value is -1.40.